The van der Waals surface area contributed by atoms with E-state index in [9.17, 15) is 9.90 Å². The molecule has 1 aromatic heterocycles. The number of hydrogen-bond acceptors (Lipinski definition) is 8. The zero-order valence-electron chi connectivity index (χ0n) is 24.5. The molecule has 0 bridgehead atoms. The van der Waals surface area contributed by atoms with Crippen LogP contribution < -0.4 is 14.2 Å². The van der Waals surface area contributed by atoms with Crippen LogP contribution in [0.15, 0.2) is 54.9 Å². The predicted octanol–water partition coefficient (Wildman–Crippen LogP) is 3.08. The second kappa shape index (κ2) is 14.3. The molecule has 1 amide bonds. The summed E-state index contributed by atoms with van der Waals surface area (Å²) in [6.45, 7) is 7.46. The molecule has 1 fully saturated rings. The quantitative estimate of drug-likeness (QED) is 0.315. The van der Waals surface area contributed by atoms with Gasteiger partial charge in [-0.25, -0.2) is 0 Å². The smallest absolute Gasteiger partial charge is 0.248 e. The van der Waals surface area contributed by atoms with Crippen LogP contribution in [-0.4, -0.2) is 96.4 Å². The molecule has 1 aliphatic heterocycles. The molecular formula is C31H42N4O6. The number of β-amino-alcohol motifs (C(OH)–C–C–N with tert-alkyl or cyclic N) is 1. The van der Waals surface area contributed by atoms with Gasteiger partial charge in [-0.1, -0.05) is 23.8 Å². The Morgan fingerprint density at radius 2 is 1.80 bits per heavy atom. The first kappa shape index (κ1) is 30.4. The molecule has 1 N–H and O–H groups in total. The summed E-state index contributed by atoms with van der Waals surface area (Å²) in [7, 11) is 3.12. The first-order chi connectivity index (χ1) is 19.8. The van der Waals surface area contributed by atoms with Gasteiger partial charge < -0.3 is 29.0 Å². The molecule has 1 atom stereocenters. The van der Waals surface area contributed by atoms with E-state index in [0.717, 1.165) is 29.7 Å². The summed E-state index contributed by atoms with van der Waals surface area (Å²) >= 11 is 0. The maximum Gasteiger partial charge on any atom is 0.248 e. The average molecular weight is 567 g/mol. The molecule has 4 rings (SSSR count). The first-order valence-corrected chi connectivity index (χ1v) is 14.0. The maximum absolute atomic E-state index is 12.7. The Kier molecular flexibility index (Phi) is 10.6. The Morgan fingerprint density at radius 3 is 2.51 bits per heavy atom. The van der Waals surface area contributed by atoms with Crippen molar-refractivity contribution in [3.05, 3.63) is 71.5 Å². The highest BCUT2D eigenvalue weighted by atomic mass is 16.5. The van der Waals surface area contributed by atoms with Gasteiger partial charge in [0.2, 0.25) is 5.91 Å². The molecule has 1 aliphatic rings. The van der Waals surface area contributed by atoms with Crippen LogP contribution in [0.4, 0.5) is 0 Å². The van der Waals surface area contributed by atoms with Crippen LogP contribution in [0, 0.1) is 13.8 Å². The number of aliphatic hydroxyl groups is 1. The SMILES string of the molecule is COCC(=O)N1CCN(Cc2ccc(OC)c(OCCCn3cc(C)cn3)c2)C[C@@](O)(COc2ccc(C)cc2)C1. The zero-order valence-corrected chi connectivity index (χ0v) is 24.5. The number of nitrogens with zero attached hydrogens (tertiary/aromatic N) is 4. The van der Waals surface area contributed by atoms with Crippen LogP contribution in [0.1, 0.15) is 23.1 Å². The summed E-state index contributed by atoms with van der Waals surface area (Å²) < 4.78 is 24.6. The Morgan fingerprint density at radius 1 is 1.00 bits per heavy atom. The third kappa shape index (κ3) is 8.94. The fraction of sp³-hybridized carbons (Fsp3) is 0.484. The largest absolute Gasteiger partial charge is 0.493 e. The van der Waals surface area contributed by atoms with Crippen LogP contribution in [0.2, 0.25) is 0 Å². The number of rotatable bonds is 13. The summed E-state index contributed by atoms with van der Waals surface area (Å²) in [6, 6.07) is 13.6. The van der Waals surface area contributed by atoms with Gasteiger partial charge in [0.1, 0.15) is 24.6 Å². The van der Waals surface area contributed by atoms with Gasteiger partial charge in [0.25, 0.3) is 0 Å². The minimum absolute atomic E-state index is 0.0336. The number of carbonyl (C=O) groups excluding carboxylic acids is 1. The molecule has 2 aromatic carbocycles. The van der Waals surface area contributed by atoms with Crippen molar-refractivity contribution in [2.75, 3.05) is 60.2 Å². The normalized spacial score (nSPS) is 17.7. The van der Waals surface area contributed by atoms with Crippen LogP contribution >= 0.6 is 0 Å². The molecule has 1 saturated heterocycles. The van der Waals surface area contributed by atoms with Crippen molar-refractivity contribution in [1.82, 2.24) is 19.6 Å². The molecule has 10 heteroatoms. The topological polar surface area (TPSA) is 98.5 Å². The second-order valence-corrected chi connectivity index (χ2v) is 10.8. The number of aromatic nitrogens is 2. The second-order valence-electron chi connectivity index (χ2n) is 10.8. The highest BCUT2D eigenvalue weighted by Gasteiger charge is 2.37. The van der Waals surface area contributed by atoms with E-state index in [2.05, 4.69) is 10.00 Å². The molecule has 41 heavy (non-hydrogen) atoms. The lowest BCUT2D eigenvalue weighted by atomic mass is 10.0. The Hall–Kier alpha value is -3.60. The van der Waals surface area contributed by atoms with Gasteiger partial charge in [0.05, 0.1) is 26.5 Å². The number of methoxy groups -OCH3 is 2. The number of hydrogen-bond donors (Lipinski definition) is 1. The monoisotopic (exact) mass is 566 g/mol. The minimum atomic E-state index is -1.28. The predicted molar refractivity (Wildman–Crippen MR) is 155 cm³/mol. The summed E-state index contributed by atoms with van der Waals surface area (Å²) in [5.74, 6) is 1.85. The van der Waals surface area contributed by atoms with E-state index in [4.69, 9.17) is 18.9 Å². The Balaban J connectivity index is 1.43. The molecule has 2 heterocycles. The van der Waals surface area contributed by atoms with Crippen molar-refractivity contribution in [2.45, 2.75) is 39.0 Å². The number of benzene rings is 2. The Labute approximate surface area is 242 Å². The van der Waals surface area contributed by atoms with Gasteiger partial charge in [-0.15, -0.1) is 0 Å². The van der Waals surface area contributed by atoms with Gasteiger partial charge in [-0.3, -0.25) is 14.4 Å². The molecule has 222 valence electrons. The zero-order chi connectivity index (χ0) is 29.2. The molecule has 0 spiro atoms. The van der Waals surface area contributed by atoms with Gasteiger partial charge in [-0.2, -0.15) is 5.10 Å². The van der Waals surface area contributed by atoms with Crippen LogP contribution in [0.3, 0.4) is 0 Å². The van der Waals surface area contributed by atoms with Crippen molar-refractivity contribution in [2.24, 2.45) is 0 Å². The summed E-state index contributed by atoms with van der Waals surface area (Å²) in [5, 5.41) is 16.0. The molecule has 0 radical (unpaired) electrons. The molecule has 0 aliphatic carbocycles. The molecule has 3 aromatic rings. The molecule has 10 nitrogen and oxygen atoms in total. The van der Waals surface area contributed by atoms with Crippen LogP contribution in [-0.2, 0) is 22.6 Å². The van der Waals surface area contributed by atoms with Crippen molar-refractivity contribution < 1.29 is 28.8 Å². The average Bonchev–Trinajstić information content (AvgIpc) is 3.29. The number of ether oxygens (including phenoxy) is 4. The lowest BCUT2D eigenvalue weighted by Gasteiger charge is -2.33. The van der Waals surface area contributed by atoms with Crippen molar-refractivity contribution in [3.63, 3.8) is 0 Å². The van der Waals surface area contributed by atoms with Gasteiger partial charge in [0.15, 0.2) is 11.5 Å². The lowest BCUT2D eigenvalue weighted by Crippen LogP contribution is -2.52. The number of aryl methyl sites for hydroxylation is 3. The van der Waals surface area contributed by atoms with Gasteiger partial charge >= 0.3 is 0 Å². The third-order valence-corrected chi connectivity index (χ3v) is 7.02. The third-order valence-electron chi connectivity index (χ3n) is 7.02. The van der Waals surface area contributed by atoms with E-state index in [0.29, 0.717) is 50.0 Å². The first-order valence-electron chi connectivity index (χ1n) is 14.0. The van der Waals surface area contributed by atoms with Crippen molar-refractivity contribution in [3.8, 4) is 17.2 Å². The van der Waals surface area contributed by atoms with Crippen molar-refractivity contribution in [1.29, 1.82) is 0 Å². The van der Waals surface area contributed by atoms with E-state index >= 15 is 0 Å². The van der Waals surface area contributed by atoms with Crippen LogP contribution in [0.25, 0.3) is 0 Å². The fourth-order valence-corrected chi connectivity index (χ4v) is 4.94. The standard InChI is InChI=1S/C31H42N4O6/c1-24-6-9-27(10-7-24)41-23-31(37)21-33(13-14-34(22-31)30(36)20-38-3)19-26-8-11-28(39-4)29(16-26)40-15-5-12-35-18-25(2)17-32-35/h6-11,16-18,37H,5,12-15,19-23H2,1-4H3/t31-/m0/s1. The minimum Gasteiger partial charge on any atom is -0.493 e. The molecule has 0 unspecified atom stereocenters. The fourth-order valence-electron chi connectivity index (χ4n) is 4.94. The summed E-state index contributed by atoms with van der Waals surface area (Å²) in [6.07, 6.45) is 4.66. The maximum atomic E-state index is 12.7. The number of carbonyl (C=O) groups is 1. The molecular weight excluding hydrogens is 524 g/mol. The van der Waals surface area contributed by atoms with E-state index < -0.39 is 5.60 Å². The van der Waals surface area contributed by atoms with Gasteiger partial charge in [0, 0.05) is 52.5 Å². The summed E-state index contributed by atoms with van der Waals surface area (Å²) in [5.41, 5.74) is 2.00. The van der Waals surface area contributed by atoms with E-state index in [-0.39, 0.29) is 25.7 Å². The lowest BCUT2D eigenvalue weighted by molar-refractivity contribution is -0.138. The van der Waals surface area contributed by atoms with Crippen molar-refractivity contribution >= 4 is 5.91 Å². The van der Waals surface area contributed by atoms with Crippen LogP contribution in [0.5, 0.6) is 17.2 Å². The van der Waals surface area contributed by atoms with E-state index in [1.807, 2.05) is 73.4 Å². The number of amides is 1. The van der Waals surface area contributed by atoms with E-state index in [1.54, 1.807) is 12.0 Å². The highest BCUT2D eigenvalue weighted by Crippen LogP contribution is 2.29. The van der Waals surface area contributed by atoms with E-state index in [1.165, 1.54) is 7.11 Å². The Bertz CT molecular complexity index is 1260. The molecule has 0 saturated carbocycles. The summed E-state index contributed by atoms with van der Waals surface area (Å²) in [4.78, 5) is 16.5. The highest BCUT2D eigenvalue weighted by molar-refractivity contribution is 5.77. The van der Waals surface area contributed by atoms with Gasteiger partial charge in [-0.05, 0) is 49.2 Å².